The van der Waals surface area contributed by atoms with Crippen molar-refractivity contribution in [3.8, 4) is 0 Å². The molecule has 3 unspecified atom stereocenters. The first-order chi connectivity index (χ1) is 10.7. The van der Waals surface area contributed by atoms with Crippen LogP contribution in [-0.4, -0.2) is 23.7 Å². The SMILES string of the molecule is CC(CCCO)NC(=O)C1CC1c1ccc2ccccc2c1. The van der Waals surface area contributed by atoms with Crippen molar-refractivity contribution in [1.29, 1.82) is 0 Å². The highest BCUT2D eigenvalue weighted by Gasteiger charge is 2.44. The van der Waals surface area contributed by atoms with Gasteiger partial charge in [-0.1, -0.05) is 42.5 Å². The van der Waals surface area contributed by atoms with Gasteiger partial charge in [0.1, 0.15) is 0 Å². The predicted molar refractivity (Wildman–Crippen MR) is 88.7 cm³/mol. The molecule has 2 aromatic rings. The Balaban J connectivity index is 1.61. The second kappa shape index (κ2) is 6.49. The van der Waals surface area contributed by atoms with E-state index in [2.05, 4.69) is 35.6 Å². The van der Waals surface area contributed by atoms with Crippen molar-refractivity contribution in [2.24, 2.45) is 5.92 Å². The second-order valence-corrected chi connectivity index (χ2v) is 6.33. The van der Waals surface area contributed by atoms with E-state index in [9.17, 15) is 4.79 Å². The summed E-state index contributed by atoms with van der Waals surface area (Å²) in [5.74, 6) is 0.621. The van der Waals surface area contributed by atoms with Crippen LogP contribution in [0.3, 0.4) is 0 Å². The van der Waals surface area contributed by atoms with E-state index in [0.29, 0.717) is 5.92 Å². The maximum atomic E-state index is 12.3. The fraction of sp³-hybridized carbons (Fsp3) is 0.421. The lowest BCUT2D eigenvalue weighted by Crippen LogP contribution is -2.34. The van der Waals surface area contributed by atoms with Crippen LogP contribution in [-0.2, 0) is 4.79 Å². The molecule has 0 aromatic heterocycles. The maximum Gasteiger partial charge on any atom is 0.223 e. The third-order valence-electron chi connectivity index (χ3n) is 4.51. The Kier molecular flexibility index (Phi) is 4.44. The first-order valence-corrected chi connectivity index (χ1v) is 8.09. The van der Waals surface area contributed by atoms with Crippen molar-refractivity contribution in [2.45, 2.75) is 38.1 Å². The van der Waals surface area contributed by atoms with E-state index in [0.717, 1.165) is 19.3 Å². The molecule has 3 rings (SSSR count). The highest BCUT2D eigenvalue weighted by Crippen LogP contribution is 2.48. The summed E-state index contributed by atoms with van der Waals surface area (Å²) in [6.45, 7) is 2.18. The van der Waals surface area contributed by atoms with Gasteiger partial charge in [-0.3, -0.25) is 4.79 Å². The van der Waals surface area contributed by atoms with Gasteiger partial charge in [-0.05, 0) is 48.4 Å². The summed E-state index contributed by atoms with van der Waals surface area (Å²) in [7, 11) is 0. The van der Waals surface area contributed by atoms with Crippen molar-refractivity contribution >= 4 is 16.7 Å². The zero-order chi connectivity index (χ0) is 15.5. The van der Waals surface area contributed by atoms with E-state index in [1.54, 1.807) is 0 Å². The number of carbonyl (C=O) groups excluding carboxylic acids is 1. The minimum atomic E-state index is 0.109. The maximum absolute atomic E-state index is 12.3. The normalized spacial score (nSPS) is 21.5. The number of fused-ring (bicyclic) bond motifs is 1. The third kappa shape index (κ3) is 3.30. The monoisotopic (exact) mass is 297 g/mol. The molecule has 2 aromatic carbocycles. The number of hydrogen-bond donors (Lipinski definition) is 2. The molecule has 22 heavy (non-hydrogen) atoms. The molecule has 0 bridgehead atoms. The molecule has 0 heterocycles. The van der Waals surface area contributed by atoms with Crippen LogP contribution < -0.4 is 5.32 Å². The van der Waals surface area contributed by atoms with E-state index in [-0.39, 0.29) is 24.5 Å². The molecule has 0 saturated heterocycles. The number of amides is 1. The van der Waals surface area contributed by atoms with Crippen LogP contribution in [0.4, 0.5) is 0 Å². The minimum Gasteiger partial charge on any atom is -0.396 e. The molecule has 1 saturated carbocycles. The predicted octanol–water partition coefficient (Wildman–Crippen LogP) is 3.22. The third-order valence-corrected chi connectivity index (χ3v) is 4.51. The lowest BCUT2D eigenvalue weighted by molar-refractivity contribution is -0.123. The van der Waals surface area contributed by atoms with Crippen molar-refractivity contribution in [1.82, 2.24) is 5.32 Å². The smallest absolute Gasteiger partial charge is 0.223 e. The molecule has 3 heteroatoms. The van der Waals surface area contributed by atoms with Gasteiger partial charge in [0.2, 0.25) is 5.91 Å². The lowest BCUT2D eigenvalue weighted by Gasteiger charge is -2.13. The Morgan fingerprint density at radius 1 is 1.27 bits per heavy atom. The molecule has 0 radical (unpaired) electrons. The number of aliphatic hydroxyl groups is 1. The standard InChI is InChI=1S/C19H23NO2/c1-13(5-4-10-21)20-19(22)18-12-17(18)16-9-8-14-6-2-3-7-15(14)11-16/h2-3,6-9,11,13,17-18,21H,4-5,10,12H2,1H3,(H,20,22). The van der Waals surface area contributed by atoms with Gasteiger partial charge in [0.15, 0.2) is 0 Å². The number of hydrogen-bond acceptors (Lipinski definition) is 2. The van der Waals surface area contributed by atoms with Gasteiger partial charge in [-0.15, -0.1) is 0 Å². The average molecular weight is 297 g/mol. The van der Waals surface area contributed by atoms with Gasteiger partial charge in [-0.2, -0.15) is 0 Å². The lowest BCUT2D eigenvalue weighted by atomic mass is 10.0. The van der Waals surface area contributed by atoms with Crippen LogP contribution in [0.5, 0.6) is 0 Å². The molecule has 3 atom stereocenters. The van der Waals surface area contributed by atoms with Crippen LogP contribution in [0.15, 0.2) is 42.5 Å². The fourth-order valence-corrected chi connectivity index (χ4v) is 3.11. The highest BCUT2D eigenvalue weighted by atomic mass is 16.3. The molecule has 116 valence electrons. The summed E-state index contributed by atoms with van der Waals surface area (Å²) in [4.78, 5) is 12.3. The van der Waals surface area contributed by atoms with E-state index in [4.69, 9.17) is 5.11 Å². The molecule has 0 spiro atoms. The van der Waals surface area contributed by atoms with Crippen LogP contribution in [0.25, 0.3) is 10.8 Å². The second-order valence-electron chi connectivity index (χ2n) is 6.33. The fourth-order valence-electron chi connectivity index (χ4n) is 3.11. The Morgan fingerprint density at radius 3 is 2.82 bits per heavy atom. The van der Waals surface area contributed by atoms with Crippen molar-refractivity contribution in [3.63, 3.8) is 0 Å². The summed E-state index contributed by atoms with van der Waals surface area (Å²) in [6, 6.07) is 15.0. The summed E-state index contributed by atoms with van der Waals surface area (Å²) < 4.78 is 0. The van der Waals surface area contributed by atoms with Crippen LogP contribution in [0.1, 0.15) is 37.7 Å². The highest BCUT2D eigenvalue weighted by molar-refractivity contribution is 5.85. The largest absolute Gasteiger partial charge is 0.396 e. The van der Waals surface area contributed by atoms with Crippen molar-refractivity contribution < 1.29 is 9.90 Å². The van der Waals surface area contributed by atoms with Gasteiger partial charge in [0.05, 0.1) is 0 Å². The van der Waals surface area contributed by atoms with Gasteiger partial charge in [0, 0.05) is 18.6 Å². The van der Waals surface area contributed by atoms with Gasteiger partial charge >= 0.3 is 0 Å². The number of carbonyl (C=O) groups is 1. The summed E-state index contributed by atoms with van der Waals surface area (Å²) in [5.41, 5.74) is 1.27. The van der Waals surface area contributed by atoms with Gasteiger partial charge in [-0.25, -0.2) is 0 Å². The Morgan fingerprint density at radius 2 is 2.05 bits per heavy atom. The topological polar surface area (TPSA) is 49.3 Å². The molecule has 1 aliphatic rings. The molecule has 0 aliphatic heterocycles. The molecular formula is C19H23NO2. The quantitative estimate of drug-likeness (QED) is 0.860. The molecule has 1 aliphatic carbocycles. The summed E-state index contributed by atoms with van der Waals surface area (Å²) in [6.07, 6.45) is 2.51. The van der Waals surface area contributed by atoms with E-state index in [1.165, 1.54) is 16.3 Å². The molecule has 3 nitrogen and oxygen atoms in total. The van der Waals surface area contributed by atoms with E-state index < -0.39 is 0 Å². The van der Waals surface area contributed by atoms with Crippen LogP contribution in [0.2, 0.25) is 0 Å². The first-order valence-electron chi connectivity index (χ1n) is 8.09. The van der Waals surface area contributed by atoms with Crippen LogP contribution >= 0.6 is 0 Å². The zero-order valence-corrected chi connectivity index (χ0v) is 13.0. The molecule has 2 N–H and O–H groups in total. The average Bonchev–Trinajstić information content (AvgIpc) is 3.33. The zero-order valence-electron chi connectivity index (χ0n) is 13.0. The van der Waals surface area contributed by atoms with E-state index in [1.807, 2.05) is 19.1 Å². The number of nitrogens with one attached hydrogen (secondary N) is 1. The van der Waals surface area contributed by atoms with Gasteiger partial charge in [0.25, 0.3) is 0 Å². The van der Waals surface area contributed by atoms with Crippen molar-refractivity contribution in [2.75, 3.05) is 6.61 Å². The summed E-state index contributed by atoms with van der Waals surface area (Å²) in [5, 5.41) is 14.4. The van der Waals surface area contributed by atoms with E-state index >= 15 is 0 Å². The Labute approximate surface area is 131 Å². The number of benzene rings is 2. The Bertz CT molecular complexity index is 667. The summed E-state index contributed by atoms with van der Waals surface area (Å²) >= 11 is 0. The van der Waals surface area contributed by atoms with Crippen molar-refractivity contribution in [3.05, 3.63) is 48.0 Å². The first kappa shape index (κ1) is 15.0. The Hall–Kier alpha value is -1.87. The minimum absolute atomic E-state index is 0.109. The van der Waals surface area contributed by atoms with Gasteiger partial charge < -0.3 is 10.4 Å². The number of aliphatic hydroxyl groups excluding tert-OH is 1. The molecule has 1 amide bonds. The van der Waals surface area contributed by atoms with Crippen LogP contribution in [0, 0.1) is 5.92 Å². The molecule has 1 fully saturated rings. The molecular weight excluding hydrogens is 274 g/mol. The number of rotatable bonds is 6.